The standard InChI is InChI=1S/C7H12O3S/c1-5(2)6(8)7(3-4-7)11(9)10/h5H,3-4H2,1-2H3,(H,9,10). The molecule has 0 aromatic rings. The highest BCUT2D eigenvalue weighted by Gasteiger charge is 2.55. The average Bonchev–Trinajstić information content (AvgIpc) is 2.65. The summed E-state index contributed by atoms with van der Waals surface area (Å²) < 4.78 is 18.7. The predicted octanol–water partition coefficient (Wildman–Crippen LogP) is 0.966. The maximum absolute atomic E-state index is 11.3. The fourth-order valence-corrected chi connectivity index (χ4v) is 2.01. The van der Waals surface area contributed by atoms with Gasteiger partial charge in [-0.2, -0.15) is 0 Å². The minimum Gasteiger partial charge on any atom is -0.305 e. The predicted molar refractivity (Wildman–Crippen MR) is 42.6 cm³/mol. The quantitative estimate of drug-likeness (QED) is 0.652. The van der Waals surface area contributed by atoms with E-state index in [2.05, 4.69) is 0 Å². The molecule has 0 aromatic heterocycles. The minimum absolute atomic E-state index is 0.0710. The van der Waals surface area contributed by atoms with E-state index in [4.69, 9.17) is 4.55 Å². The summed E-state index contributed by atoms with van der Waals surface area (Å²) in [4.78, 5) is 11.3. The highest BCUT2D eigenvalue weighted by atomic mass is 32.2. The molecule has 11 heavy (non-hydrogen) atoms. The molecule has 0 heterocycles. The normalized spacial score (nSPS) is 23.3. The zero-order valence-corrected chi connectivity index (χ0v) is 7.48. The molecule has 1 atom stereocenters. The van der Waals surface area contributed by atoms with Crippen molar-refractivity contribution in [2.75, 3.05) is 0 Å². The Labute approximate surface area is 68.5 Å². The second-order valence-electron chi connectivity index (χ2n) is 3.26. The van der Waals surface area contributed by atoms with Crippen molar-refractivity contribution >= 4 is 16.9 Å². The molecule has 0 saturated heterocycles. The number of Topliss-reactive ketones (excluding diaryl/α,β-unsaturated/α-hetero) is 1. The summed E-state index contributed by atoms with van der Waals surface area (Å²) in [5.74, 6) is -0.202. The van der Waals surface area contributed by atoms with Gasteiger partial charge in [-0.25, -0.2) is 4.21 Å². The van der Waals surface area contributed by atoms with E-state index in [9.17, 15) is 9.00 Å². The molecule has 1 saturated carbocycles. The van der Waals surface area contributed by atoms with Crippen molar-refractivity contribution in [3.63, 3.8) is 0 Å². The van der Waals surface area contributed by atoms with Crippen LogP contribution in [0.15, 0.2) is 0 Å². The molecule has 1 fully saturated rings. The van der Waals surface area contributed by atoms with E-state index in [0.29, 0.717) is 12.8 Å². The topological polar surface area (TPSA) is 54.4 Å². The molecular formula is C7H12O3S. The Balaban J connectivity index is 2.74. The zero-order valence-electron chi connectivity index (χ0n) is 6.66. The van der Waals surface area contributed by atoms with Crippen molar-refractivity contribution < 1.29 is 13.6 Å². The molecule has 1 rings (SSSR count). The summed E-state index contributed by atoms with van der Waals surface area (Å²) in [6.45, 7) is 3.52. The van der Waals surface area contributed by atoms with E-state index >= 15 is 0 Å². The van der Waals surface area contributed by atoms with E-state index < -0.39 is 15.8 Å². The number of carbonyl (C=O) groups is 1. The fraction of sp³-hybridized carbons (Fsp3) is 0.857. The Kier molecular flexibility index (Phi) is 2.16. The molecule has 0 spiro atoms. The Morgan fingerprint density at radius 3 is 2.09 bits per heavy atom. The van der Waals surface area contributed by atoms with Crippen LogP contribution in [0.4, 0.5) is 0 Å². The van der Waals surface area contributed by atoms with Crippen molar-refractivity contribution in [2.24, 2.45) is 5.92 Å². The summed E-state index contributed by atoms with van der Waals surface area (Å²) in [6.07, 6.45) is 1.15. The number of ketones is 1. The Morgan fingerprint density at radius 1 is 1.55 bits per heavy atom. The summed E-state index contributed by atoms with van der Waals surface area (Å²) >= 11 is -1.96. The van der Waals surface area contributed by atoms with Crippen LogP contribution in [0.25, 0.3) is 0 Å². The van der Waals surface area contributed by atoms with Gasteiger partial charge in [0.25, 0.3) is 0 Å². The molecule has 1 N–H and O–H groups in total. The SMILES string of the molecule is CC(C)C(=O)C1(S(=O)O)CC1. The van der Waals surface area contributed by atoms with Crippen molar-refractivity contribution in [1.29, 1.82) is 0 Å². The Morgan fingerprint density at radius 2 is 2.00 bits per heavy atom. The molecule has 1 aliphatic carbocycles. The van der Waals surface area contributed by atoms with E-state index in [1.807, 2.05) is 0 Å². The van der Waals surface area contributed by atoms with Crippen molar-refractivity contribution in [1.82, 2.24) is 0 Å². The first kappa shape index (κ1) is 8.87. The summed E-state index contributed by atoms with van der Waals surface area (Å²) in [5, 5.41) is 0. The largest absolute Gasteiger partial charge is 0.305 e. The van der Waals surface area contributed by atoms with Crippen molar-refractivity contribution in [3.8, 4) is 0 Å². The molecule has 1 unspecified atom stereocenters. The lowest BCUT2D eigenvalue weighted by Gasteiger charge is -2.11. The second-order valence-corrected chi connectivity index (χ2v) is 4.54. The van der Waals surface area contributed by atoms with Gasteiger partial charge in [0.15, 0.2) is 16.9 Å². The van der Waals surface area contributed by atoms with Gasteiger partial charge in [-0.05, 0) is 12.8 Å². The third-order valence-electron chi connectivity index (χ3n) is 2.01. The molecule has 3 nitrogen and oxygen atoms in total. The van der Waals surface area contributed by atoms with E-state index in [1.165, 1.54) is 0 Å². The van der Waals surface area contributed by atoms with Gasteiger partial charge in [-0.15, -0.1) is 0 Å². The molecule has 0 bridgehead atoms. The molecule has 0 aliphatic heterocycles. The van der Waals surface area contributed by atoms with Crippen molar-refractivity contribution in [3.05, 3.63) is 0 Å². The molecule has 64 valence electrons. The number of rotatable bonds is 3. The summed E-state index contributed by atoms with van der Waals surface area (Å²) in [5.41, 5.74) is 0. The van der Waals surface area contributed by atoms with Crippen LogP contribution in [-0.4, -0.2) is 19.3 Å². The summed E-state index contributed by atoms with van der Waals surface area (Å²) in [6, 6.07) is 0. The maximum atomic E-state index is 11.3. The lowest BCUT2D eigenvalue weighted by atomic mass is 10.1. The van der Waals surface area contributed by atoms with E-state index in [0.717, 1.165) is 0 Å². The van der Waals surface area contributed by atoms with Gasteiger partial charge in [0.2, 0.25) is 0 Å². The Hall–Kier alpha value is -0.220. The molecular weight excluding hydrogens is 164 g/mol. The van der Waals surface area contributed by atoms with Crippen LogP contribution in [0, 0.1) is 5.92 Å². The lowest BCUT2D eigenvalue weighted by Crippen LogP contribution is -2.31. The van der Waals surface area contributed by atoms with Crippen LogP contribution >= 0.6 is 0 Å². The number of hydrogen-bond acceptors (Lipinski definition) is 2. The summed E-state index contributed by atoms with van der Waals surface area (Å²) in [7, 11) is 0. The first-order chi connectivity index (χ1) is 5.00. The molecule has 1 aliphatic rings. The monoisotopic (exact) mass is 176 g/mol. The van der Waals surface area contributed by atoms with Crippen LogP contribution in [0.1, 0.15) is 26.7 Å². The van der Waals surface area contributed by atoms with E-state index in [1.54, 1.807) is 13.8 Å². The molecule has 4 heteroatoms. The average molecular weight is 176 g/mol. The molecule has 0 amide bonds. The second kappa shape index (κ2) is 2.68. The first-order valence-corrected chi connectivity index (χ1v) is 4.76. The van der Waals surface area contributed by atoms with Crippen LogP contribution in [0.3, 0.4) is 0 Å². The van der Waals surface area contributed by atoms with Crippen LogP contribution in [-0.2, 0) is 15.9 Å². The lowest BCUT2D eigenvalue weighted by molar-refractivity contribution is -0.122. The van der Waals surface area contributed by atoms with Gasteiger partial charge in [0.1, 0.15) is 4.75 Å². The fourth-order valence-electron chi connectivity index (χ4n) is 1.15. The number of carbonyl (C=O) groups excluding carboxylic acids is 1. The van der Waals surface area contributed by atoms with Crippen LogP contribution < -0.4 is 0 Å². The number of hydrogen-bond donors (Lipinski definition) is 1. The van der Waals surface area contributed by atoms with Gasteiger partial charge in [-0.3, -0.25) is 4.79 Å². The highest BCUT2D eigenvalue weighted by molar-refractivity contribution is 7.82. The highest BCUT2D eigenvalue weighted by Crippen LogP contribution is 2.43. The van der Waals surface area contributed by atoms with Gasteiger partial charge >= 0.3 is 0 Å². The van der Waals surface area contributed by atoms with Gasteiger partial charge in [0, 0.05) is 5.92 Å². The van der Waals surface area contributed by atoms with Gasteiger partial charge in [-0.1, -0.05) is 13.8 Å². The minimum atomic E-state index is -1.96. The third kappa shape index (κ3) is 1.37. The van der Waals surface area contributed by atoms with Crippen LogP contribution in [0.2, 0.25) is 0 Å². The zero-order chi connectivity index (χ0) is 8.65. The Bertz CT molecular complexity index is 206. The van der Waals surface area contributed by atoms with E-state index in [-0.39, 0.29) is 11.7 Å². The maximum Gasteiger partial charge on any atom is 0.166 e. The molecule has 0 aromatic carbocycles. The van der Waals surface area contributed by atoms with Crippen LogP contribution in [0.5, 0.6) is 0 Å². The smallest absolute Gasteiger partial charge is 0.166 e. The first-order valence-electron chi connectivity index (χ1n) is 3.66. The third-order valence-corrected chi connectivity index (χ3v) is 3.29. The van der Waals surface area contributed by atoms with Crippen molar-refractivity contribution in [2.45, 2.75) is 31.4 Å². The van der Waals surface area contributed by atoms with Gasteiger partial charge < -0.3 is 4.55 Å². The molecule has 0 radical (unpaired) electrons. The van der Waals surface area contributed by atoms with Gasteiger partial charge in [0.05, 0.1) is 0 Å².